The van der Waals surface area contributed by atoms with Crippen LogP contribution in [0.5, 0.6) is 5.75 Å². The lowest BCUT2D eigenvalue weighted by Gasteiger charge is -2.10. The molecule has 0 spiro atoms. The van der Waals surface area contributed by atoms with Crippen molar-refractivity contribution < 1.29 is 13.9 Å². The number of furan rings is 1. The molecule has 0 unspecified atom stereocenters. The Morgan fingerprint density at radius 3 is 2.83 bits per heavy atom. The minimum absolute atomic E-state index is 0.253. The van der Waals surface area contributed by atoms with Gasteiger partial charge in [-0.2, -0.15) is 0 Å². The summed E-state index contributed by atoms with van der Waals surface area (Å²) in [7, 11) is 0. The SMILES string of the molecule is NCCOc1ccccc1NC(=O)c1ccco1. The van der Waals surface area contributed by atoms with Crippen LogP contribution < -0.4 is 15.8 Å². The quantitative estimate of drug-likeness (QED) is 0.844. The van der Waals surface area contributed by atoms with Crippen molar-refractivity contribution in [3.63, 3.8) is 0 Å². The molecule has 0 aliphatic rings. The first-order valence-corrected chi connectivity index (χ1v) is 5.58. The van der Waals surface area contributed by atoms with Crippen molar-refractivity contribution in [1.82, 2.24) is 0 Å². The number of carbonyl (C=O) groups excluding carboxylic acids is 1. The third kappa shape index (κ3) is 2.89. The number of carbonyl (C=O) groups is 1. The van der Waals surface area contributed by atoms with Crippen molar-refractivity contribution in [3.05, 3.63) is 48.4 Å². The number of benzene rings is 1. The summed E-state index contributed by atoms with van der Waals surface area (Å²) in [5, 5.41) is 2.72. The van der Waals surface area contributed by atoms with E-state index in [-0.39, 0.29) is 11.7 Å². The van der Waals surface area contributed by atoms with Crippen LogP contribution in [0.3, 0.4) is 0 Å². The number of anilines is 1. The first-order chi connectivity index (χ1) is 8.81. The lowest BCUT2D eigenvalue weighted by molar-refractivity contribution is 0.0996. The van der Waals surface area contributed by atoms with Crippen molar-refractivity contribution in [3.8, 4) is 5.75 Å². The maximum Gasteiger partial charge on any atom is 0.291 e. The summed E-state index contributed by atoms with van der Waals surface area (Å²) < 4.78 is 10.4. The molecular weight excluding hydrogens is 232 g/mol. The van der Waals surface area contributed by atoms with Crippen molar-refractivity contribution in [2.45, 2.75) is 0 Å². The third-order valence-corrected chi connectivity index (χ3v) is 2.26. The summed E-state index contributed by atoms with van der Waals surface area (Å²) in [5.41, 5.74) is 5.97. The summed E-state index contributed by atoms with van der Waals surface area (Å²) in [6, 6.07) is 10.4. The van der Waals surface area contributed by atoms with Gasteiger partial charge in [0.1, 0.15) is 12.4 Å². The second-order valence-electron chi connectivity index (χ2n) is 3.56. The van der Waals surface area contributed by atoms with Crippen LogP contribution in [0.4, 0.5) is 5.69 Å². The average Bonchev–Trinajstić information content (AvgIpc) is 2.91. The molecule has 5 nitrogen and oxygen atoms in total. The smallest absolute Gasteiger partial charge is 0.291 e. The number of hydrogen-bond donors (Lipinski definition) is 2. The Balaban J connectivity index is 2.11. The summed E-state index contributed by atoms with van der Waals surface area (Å²) >= 11 is 0. The molecule has 1 heterocycles. The van der Waals surface area contributed by atoms with Gasteiger partial charge in [-0.25, -0.2) is 0 Å². The molecule has 2 aromatic rings. The Labute approximate surface area is 105 Å². The van der Waals surface area contributed by atoms with Crippen LogP contribution in [-0.4, -0.2) is 19.1 Å². The monoisotopic (exact) mass is 246 g/mol. The molecule has 0 radical (unpaired) electrons. The fourth-order valence-corrected chi connectivity index (χ4v) is 1.46. The van der Waals surface area contributed by atoms with Crippen LogP contribution in [0.15, 0.2) is 47.1 Å². The maximum absolute atomic E-state index is 11.8. The van der Waals surface area contributed by atoms with Gasteiger partial charge in [0.15, 0.2) is 5.76 Å². The Hall–Kier alpha value is -2.27. The number of rotatable bonds is 5. The summed E-state index contributed by atoms with van der Waals surface area (Å²) in [5.74, 6) is 0.523. The van der Waals surface area contributed by atoms with Gasteiger partial charge in [-0.05, 0) is 24.3 Å². The van der Waals surface area contributed by atoms with Gasteiger partial charge in [-0.1, -0.05) is 12.1 Å². The van der Waals surface area contributed by atoms with E-state index < -0.39 is 0 Å². The number of ether oxygens (including phenoxy) is 1. The molecule has 0 aliphatic carbocycles. The molecule has 0 atom stereocenters. The fourth-order valence-electron chi connectivity index (χ4n) is 1.46. The van der Waals surface area contributed by atoms with Crippen LogP contribution >= 0.6 is 0 Å². The molecular formula is C13H14N2O3. The van der Waals surface area contributed by atoms with Crippen molar-refractivity contribution in [2.24, 2.45) is 5.73 Å². The van der Waals surface area contributed by atoms with Crippen molar-refractivity contribution >= 4 is 11.6 Å². The zero-order chi connectivity index (χ0) is 12.8. The molecule has 0 fully saturated rings. The number of amides is 1. The lowest BCUT2D eigenvalue weighted by atomic mass is 10.3. The maximum atomic E-state index is 11.8. The highest BCUT2D eigenvalue weighted by Gasteiger charge is 2.11. The van der Waals surface area contributed by atoms with Crippen LogP contribution in [0.1, 0.15) is 10.6 Å². The third-order valence-electron chi connectivity index (χ3n) is 2.26. The molecule has 5 heteroatoms. The van der Waals surface area contributed by atoms with E-state index in [0.717, 1.165) is 0 Å². The van der Waals surface area contributed by atoms with Gasteiger partial charge in [0.2, 0.25) is 0 Å². The van der Waals surface area contributed by atoms with Crippen LogP contribution in [0.2, 0.25) is 0 Å². The van der Waals surface area contributed by atoms with E-state index in [4.69, 9.17) is 14.9 Å². The van der Waals surface area contributed by atoms with Gasteiger partial charge in [-0.15, -0.1) is 0 Å². The number of hydrogen-bond acceptors (Lipinski definition) is 4. The van der Waals surface area contributed by atoms with E-state index in [1.54, 1.807) is 24.3 Å². The van der Waals surface area contributed by atoms with Gasteiger partial charge < -0.3 is 20.2 Å². The molecule has 0 saturated carbocycles. The molecule has 0 bridgehead atoms. The molecule has 18 heavy (non-hydrogen) atoms. The average molecular weight is 246 g/mol. The minimum Gasteiger partial charge on any atom is -0.490 e. The van der Waals surface area contributed by atoms with E-state index in [9.17, 15) is 4.79 Å². The molecule has 1 aromatic heterocycles. The second-order valence-corrected chi connectivity index (χ2v) is 3.56. The summed E-state index contributed by atoms with van der Waals surface area (Å²) in [6.45, 7) is 0.814. The van der Waals surface area contributed by atoms with E-state index in [1.807, 2.05) is 12.1 Å². The van der Waals surface area contributed by atoms with Gasteiger partial charge in [-0.3, -0.25) is 4.79 Å². The minimum atomic E-state index is -0.316. The highest BCUT2D eigenvalue weighted by atomic mass is 16.5. The molecule has 1 amide bonds. The summed E-state index contributed by atoms with van der Waals surface area (Å²) in [4.78, 5) is 11.8. The highest BCUT2D eigenvalue weighted by molar-refractivity contribution is 6.03. The van der Waals surface area contributed by atoms with E-state index in [1.165, 1.54) is 6.26 Å². The molecule has 94 valence electrons. The van der Waals surface area contributed by atoms with E-state index in [2.05, 4.69) is 5.32 Å². The predicted molar refractivity (Wildman–Crippen MR) is 67.7 cm³/mol. The fraction of sp³-hybridized carbons (Fsp3) is 0.154. The summed E-state index contributed by atoms with van der Waals surface area (Å²) in [6.07, 6.45) is 1.45. The number of nitrogens with one attached hydrogen (secondary N) is 1. The molecule has 0 saturated heterocycles. The van der Waals surface area contributed by atoms with Crippen LogP contribution in [0.25, 0.3) is 0 Å². The standard InChI is InChI=1S/C13H14N2O3/c14-7-9-18-11-5-2-1-4-10(11)15-13(16)12-6-3-8-17-12/h1-6,8H,7,9,14H2,(H,15,16). The Morgan fingerprint density at radius 1 is 1.28 bits per heavy atom. The van der Waals surface area contributed by atoms with Crippen molar-refractivity contribution in [2.75, 3.05) is 18.5 Å². The first kappa shape index (κ1) is 12.2. The number of para-hydroxylation sites is 2. The molecule has 3 N–H and O–H groups in total. The second kappa shape index (κ2) is 5.88. The Kier molecular flexibility index (Phi) is 3.98. The molecule has 2 rings (SSSR count). The number of nitrogens with two attached hydrogens (primary N) is 1. The Morgan fingerprint density at radius 2 is 2.11 bits per heavy atom. The van der Waals surface area contributed by atoms with E-state index >= 15 is 0 Å². The van der Waals surface area contributed by atoms with Gasteiger partial charge in [0.05, 0.1) is 12.0 Å². The normalized spacial score (nSPS) is 10.1. The van der Waals surface area contributed by atoms with Gasteiger partial charge >= 0.3 is 0 Å². The van der Waals surface area contributed by atoms with Gasteiger partial charge in [0.25, 0.3) is 5.91 Å². The topological polar surface area (TPSA) is 77.5 Å². The Bertz CT molecular complexity index is 509. The van der Waals surface area contributed by atoms with E-state index in [0.29, 0.717) is 24.6 Å². The molecule has 1 aromatic carbocycles. The van der Waals surface area contributed by atoms with Gasteiger partial charge in [0, 0.05) is 6.54 Å². The molecule has 0 aliphatic heterocycles. The van der Waals surface area contributed by atoms with Crippen LogP contribution in [-0.2, 0) is 0 Å². The largest absolute Gasteiger partial charge is 0.490 e. The zero-order valence-electron chi connectivity index (χ0n) is 9.76. The zero-order valence-corrected chi connectivity index (χ0v) is 9.76. The highest BCUT2D eigenvalue weighted by Crippen LogP contribution is 2.24. The first-order valence-electron chi connectivity index (χ1n) is 5.58. The lowest BCUT2D eigenvalue weighted by Crippen LogP contribution is -2.14. The predicted octanol–water partition coefficient (Wildman–Crippen LogP) is 1.87. The van der Waals surface area contributed by atoms with Crippen LogP contribution in [0, 0.1) is 0 Å². The van der Waals surface area contributed by atoms with Crippen molar-refractivity contribution in [1.29, 1.82) is 0 Å².